The van der Waals surface area contributed by atoms with Crippen molar-refractivity contribution in [3.63, 3.8) is 0 Å². The van der Waals surface area contributed by atoms with Crippen molar-refractivity contribution in [3.8, 4) is 0 Å². The average Bonchev–Trinajstić information content (AvgIpc) is 2.37. The second kappa shape index (κ2) is 7.35. The van der Waals surface area contributed by atoms with Gasteiger partial charge in [0.05, 0.1) is 11.5 Å². The molecule has 0 saturated heterocycles. The second-order valence-electron chi connectivity index (χ2n) is 4.06. The maximum atomic E-state index is 11.3. The first-order valence-electron chi connectivity index (χ1n) is 6.29. The van der Waals surface area contributed by atoms with Gasteiger partial charge in [-0.15, -0.1) is 0 Å². The first-order chi connectivity index (χ1) is 9.08. The maximum Gasteiger partial charge on any atom is 0.411 e. The Morgan fingerprint density at radius 1 is 1.42 bits per heavy atom. The molecule has 0 saturated carbocycles. The Kier molecular flexibility index (Phi) is 5.78. The Labute approximate surface area is 111 Å². The summed E-state index contributed by atoms with van der Waals surface area (Å²) in [6.45, 7) is 3.95. The number of hydrogen-bond acceptors (Lipinski definition) is 4. The highest BCUT2D eigenvalue weighted by molar-refractivity contribution is 5.87. The summed E-state index contributed by atoms with van der Waals surface area (Å²) in [7, 11) is 0. The van der Waals surface area contributed by atoms with Crippen LogP contribution in [0.2, 0.25) is 0 Å². The van der Waals surface area contributed by atoms with Gasteiger partial charge < -0.3 is 4.74 Å². The van der Waals surface area contributed by atoms with Crippen LogP contribution in [0.15, 0.2) is 18.2 Å². The molecule has 6 heteroatoms. The molecule has 1 N–H and O–H groups in total. The van der Waals surface area contributed by atoms with Crippen LogP contribution in [0.4, 0.5) is 16.2 Å². The summed E-state index contributed by atoms with van der Waals surface area (Å²) in [4.78, 5) is 21.8. The molecule has 0 atom stereocenters. The minimum atomic E-state index is -0.688. The van der Waals surface area contributed by atoms with Crippen LogP contribution >= 0.6 is 0 Å². The summed E-state index contributed by atoms with van der Waals surface area (Å²) < 4.78 is 4.70. The number of nitrogens with zero attached hydrogens (tertiary/aromatic N) is 1. The molecule has 6 nitrogen and oxygen atoms in total. The van der Waals surface area contributed by atoms with Crippen LogP contribution in [0.25, 0.3) is 0 Å². The van der Waals surface area contributed by atoms with E-state index in [1.54, 1.807) is 19.1 Å². The van der Waals surface area contributed by atoms with Gasteiger partial charge in [-0.2, -0.15) is 0 Å². The fraction of sp³-hybridized carbons (Fsp3) is 0.462. The Hall–Kier alpha value is -2.11. The number of unbranched alkanes of at least 4 members (excludes halogenated alkanes) is 1. The summed E-state index contributed by atoms with van der Waals surface area (Å²) in [5.74, 6) is 0. The molecule has 1 rings (SSSR count). The Bertz CT molecular complexity index is 460. The molecule has 0 aromatic heterocycles. The summed E-state index contributed by atoms with van der Waals surface area (Å²) in [5.41, 5.74) is 0.938. The molecule has 0 aliphatic carbocycles. The van der Waals surface area contributed by atoms with E-state index in [-0.39, 0.29) is 18.0 Å². The topological polar surface area (TPSA) is 81.5 Å². The van der Waals surface area contributed by atoms with E-state index in [1.165, 1.54) is 6.07 Å². The minimum absolute atomic E-state index is 0.110. The van der Waals surface area contributed by atoms with E-state index in [2.05, 4.69) is 12.2 Å². The van der Waals surface area contributed by atoms with Crippen LogP contribution in [-0.4, -0.2) is 17.6 Å². The van der Waals surface area contributed by atoms with Crippen LogP contribution < -0.4 is 5.32 Å². The molecule has 0 radical (unpaired) electrons. The van der Waals surface area contributed by atoms with Crippen molar-refractivity contribution in [1.82, 2.24) is 0 Å². The van der Waals surface area contributed by atoms with Gasteiger partial charge in [-0.05, 0) is 31.4 Å². The smallest absolute Gasteiger partial charge is 0.411 e. The third-order valence-corrected chi connectivity index (χ3v) is 2.59. The Morgan fingerprint density at radius 3 is 2.74 bits per heavy atom. The maximum absolute atomic E-state index is 11.3. The van der Waals surface area contributed by atoms with Crippen molar-refractivity contribution in [1.29, 1.82) is 0 Å². The molecule has 1 aromatic rings. The number of ether oxygens (including phenoxy) is 1. The lowest BCUT2D eigenvalue weighted by molar-refractivity contribution is -0.384. The molecule has 0 fully saturated rings. The zero-order valence-corrected chi connectivity index (χ0v) is 11.1. The van der Waals surface area contributed by atoms with Gasteiger partial charge in [-0.25, -0.2) is 4.79 Å². The second-order valence-corrected chi connectivity index (χ2v) is 4.06. The molecule has 0 heterocycles. The first kappa shape index (κ1) is 14.9. The summed E-state index contributed by atoms with van der Waals surface area (Å²) >= 11 is 0. The van der Waals surface area contributed by atoms with Crippen LogP contribution in [0.5, 0.6) is 0 Å². The SMILES string of the molecule is CCCCc1ccc(NC(=O)OCC)c([N+](=O)[O-])c1. The molecule has 1 amide bonds. The number of benzene rings is 1. The number of carbonyl (C=O) groups is 1. The number of nitrogens with one attached hydrogen (secondary N) is 1. The Balaban J connectivity index is 2.91. The van der Waals surface area contributed by atoms with Crippen molar-refractivity contribution in [3.05, 3.63) is 33.9 Å². The normalized spacial score (nSPS) is 10.0. The molecule has 104 valence electrons. The lowest BCUT2D eigenvalue weighted by atomic mass is 10.1. The highest BCUT2D eigenvalue weighted by Gasteiger charge is 2.16. The van der Waals surface area contributed by atoms with Crippen LogP contribution in [0.3, 0.4) is 0 Å². The van der Waals surface area contributed by atoms with Crippen molar-refractivity contribution in [2.75, 3.05) is 11.9 Å². The summed E-state index contributed by atoms with van der Waals surface area (Å²) in [5, 5.41) is 13.4. The van der Waals surface area contributed by atoms with E-state index in [9.17, 15) is 14.9 Å². The van der Waals surface area contributed by atoms with E-state index in [4.69, 9.17) is 4.74 Å². The molecule has 0 spiro atoms. The van der Waals surface area contributed by atoms with E-state index in [0.717, 1.165) is 24.8 Å². The molecule has 0 aliphatic heterocycles. The molecule has 19 heavy (non-hydrogen) atoms. The van der Waals surface area contributed by atoms with Crippen molar-refractivity contribution < 1.29 is 14.5 Å². The molecule has 1 aromatic carbocycles. The lowest BCUT2D eigenvalue weighted by Gasteiger charge is -2.07. The van der Waals surface area contributed by atoms with Gasteiger partial charge in [-0.3, -0.25) is 15.4 Å². The molecular weight excluding hydrogens is 248 g/mol. The number of nitro groups is 1. The van der Waals surface area contributed by atoms with Crippen LogP contribution in [0, 0.1) is 10.1 Å². The fourth-order valence-electron chi connectivity index (χ4n) is 1.65. The van der Waals surface area contributed by atoms with Crippen LogP contribution in [0.1, 0.15) is 32.3 Å². The van der Waals surface area contributed by atoms with E-state index >= 15 is 0 Å². The highest BCUT2D eigenvalue weighted by Crippen LogP contribution is 2.26. The number of hydrogen-bond donors (Lipinski definition) is 1. The lowest BCUT2D eigenvalue weighted by Crippen LogP contribution is -2.14. The standard InChI is InChI=1S/C13H18N2O4/c1-3-5-6-10-7-8-11(12(9-10)15(17)18)14-13(16)19-4-2/h7-9H,3-6H2,1-2H3,(H,14,16). The predicted octanol–water partition coefficient (Wildman–Crippen LogP) is 3.51. The van der Waals surface area contributed by atoms with Crippen LogP contribution in [-0.2, 0) is 11.2 Å². The van der Waals surface area contributed by atoms with Crippen molar-refractivity contribution in [2.45, 2.75) is 33.1 Å². The van der Waals surface area contributed by atoms with Gasteiger partial charge >= 0.3 is 6.09 Å². The third-order valence-electron chi connectivity index (χ3n) is 2.59. The number of rotatable bonds is 6. The summed E-state index contributed by atoms with van der Waals surface area (Å²) in [6, 6.07) is 4.82. The summed E-state index contributed by atoms with van der Waals surface area (Å²) in [6.07, 6.45) is 2.10. The average molecular weight is 266 g/mol. The zero-order chi connectivity index (χ0) is 14.3. The molecule has 0 aliphatic rings. The van der Waals surface area contributed by atoms with Crippen molar-refractivity contribution >= 4 is 17.5 Å². The molecule has 0 unspecified atom stereocenters. The number of aryl methyl sites for hydroxylation is 1. The monoisotopic (exact) mass is 266 g/mol. The van der Waals surface area contributed by atoms with Gasteiger partial charge in [0.2, 0.25) is 0 Å². The van der Waals surface area contributed by atoms with Crippen molar-refractivity contribution in [2.24, 2.45) is 0 Å². The number of anilines is 1. The number of nitro benzene ring substituents is 1. The van der Waals surface area contributed by atoms with E-state index in [1.807, 2.05) is 0 Å². The van der Waals surface area contributed by atoms with E-state index in [0.29, 0.717) is 0 Å². The van der Waals surface area contributed by atoms with Gasteiger partial charge in [0, 0.05) is 6.07 Å². The predicted molar refractivity (Wildman–Crippen MR) is 72.4 cm³/mol. The van der Waals surface area contributed by atoms with Gasteiger partial charge in [0.1, 0.15) is 5.69 Å². The highest BCUT2D eigenvalue weighted by atomic mass is 16.6. The fourth-order valence-corrected chi connectivity index (χ4v) is 1.65. The van der Waals surface area contributed by atoms with Gasteiger partial charge in [0.25, 0.3) is 5.69 Å². The van der Waals surface area contributed by atoms with Gasteiger partial charge in [-0.1, -0.05) is 19.4 Å². The molecular formula is C13H18N2O4. The number of amides is 1. The van der Waals surface area contributed by atoms with E-state index < -0.39 is 11.0 Å². The Morgan fingerprint density at radius 2 is 2.16 bits per heavy atom. The molecule has 0 bridgehead atoms. The zero-order valence-electron chi connectivity index (χ0n) is 11.1. The number of carbonyl (C=O) groups excluding carboxylic acids is 1. The minimum Gasteiger partial charge on any atom is -0.450 e. The quantitative estimate of drug-likeness (QED) is 0.631. The largest absolute Gasteiger partial charge is 0.450 e. The third kappa shape index (κ3) is 4.57. The van der Waals surface area contributed by atoms with Gasteiger partial charge in [0.15, 0.2) is 0 Å². The first-order valence-corrected chi connectivity index (χ1v) is 6.29.